The normalized spacial score (nSPS) is 30.7. The van der Waals surface area contributed by atoms with Crippen molar-refractivity contribution in [3.63, 3.8) is 0 Å². The molecule has 1 fully saturated rings. The van der Waals surface area contributed by atoms with Gasteiger partial charge in [0, 0.05) is 11.6 Å². The van der Waals surface area contributed by atoms with Crippen molar-refractivity contribution in [2.45, 2.75) is 39.5 Å². The fourth-order valence-electron chi connectivity index (χ4n) is 3.22. The lowest BCUT2D eigenvalue weighted by Crippen LogP contribution is -2.48. The third kappa shape index (κ3) is 1.13. The Morgan fingerprint density at radius 2 is 2.20 bits per heavy atom. The number of pyridine rings is 1. The van der Waals surface area contributed by atoms with Crippen molar-refractivity contribution in [2.24, 2.45) is 11.3 Å². The van der Waals surface area contributed by atoms with E-state index in [2.05, 4.69) is 24.9 Å². The van der Waals surface area contributed by atoms with Crippen molar-refractivity contribution in [1.29, 1.82) is 0 Å². The van der Waals surface area contributed by atoms with E-state index in [-0.39, 0.29) is 0 Å². The van der Waals surface area contributed by atoms with Crippen LogP contribution in [0.4, 0.5) is 0 Å². The topological polar surface area (TPSA) is 12.9 Å². The third-order valence-corrected chi connectivity index (χ3v) is 4.91. The van der Waals surface area contributed by atoms with E-state index in [4.69, 9.17) is 11.6 Å². The van der Waals surface area contributed by atoms with E-state index in [0.717, 1.165) is 11.5 Å². The summed E-state index contributed by atoms with van der Waals surface area (Å²) in [5.41, 5.74) is 4.28. The van der Waals surface area contributed by atoms with Gasteiger partial charge in [-0.05, 0) is 42.2 Å². The van der Waals surface area contributed by atoms with Gasteiger partial charge in [-0.1, -0.05) is 31.5 Å². The van der Waals surface area contributed by atoms with Crippen LogP contribution in [0.3, 0.4) is 0 Å². The molecule has 1 heterocycles. The van der Waals surface area contributed by atoms with E-state index in [1.165, 1.54) is 24.1 Å². The largest absolute Gasteiger partial charge is 0.240 e. The summed E-state index contributed by atoms with van der Waals surface area (Å²) >= 11 is 6.11. The third-order valence-electron chi connectivity index (χ3n) is 4.53. The van der Waals surface area contributed by atoms with Crippen LogP contribution < -0.4 is 0 Å². The van der Waals surface area contributed by atoms with Gasteiger partial charge in [0.05, 0.1) is 0 Å². The Morgan fingerprint density at radius 3 is 2.87 bits per heavy atom. The molecule has 0 aromatic carbocycles. The van der Waals surface area contributed by atoms with Crippen LogP contribution in [-0.4, -0.2) is 4.98 Å². The lowest BCUT2D eigenvalue weighted by atomic mass is 9.48. The van der Waals surface area contributed by atoms with Gasteiger partial charge in [-0.2, -0.15) is 0 Å². The first kappa shape index (κ1) is 9.65. The molecular weight excluding hydrogens is 206 g/mol. The maximum absolute atomic E-state index is 6.11. The molecule has 15 heavy (non-hydrogen) atoms. The Balaban J connectivity index is 2.14. The van der Waals surface area contributed by atoms with Crippen LogP contribution in [0.5, 0.6) is 0 Å². The molecule has 0 unspecified atom stereocenters. The molecule has 3 aliphatic rings. The summed E-state index contributed by atoms with van der Waals surface area (Å²) in [5, 5.41) is 0.690. The zero-order valence-electron chi connectivity index (χ0n) is 9.47. The summed E-state index contributed by atoms with van der Waals surface area (Å²) in [6.45, 7) is 6.77. The predicted octanol–water partition coefficient (Wildman–Crippen LogP) is 3.73. The quantitative estimate of drug-likeness (QED) is 0.609. The fourth-order valence-corrected chi connectivity index (χ4v) is 3.36. The minimum atomic E-state index is 0.443. The van der Waals surface area contributed by atoms with Gasteiger partial charge in [-0.25, -0.2) is 4.98 Å². The summed E-state index contributed by atoms with van der Waals surface area (Å²) in [5.74, 6) is 1.50. The molecule has 1 saturated carbocycles. The van der Waals surface area contributed by atoms with E-state index in [1.807, 2.05) is 6.92 Å². The number of halogens is 1. The van der Waals surface area contributed by atoms with Gasteiger partial charge in [0.1, 0.15) is 5.15 Å². The second kappa shape index (κ2) is 2.76. The van der Waals surface area contributed by atoms with Crippen molar-refractivity contribution < 1.29 is 0 Å². The van der Waals surface area contributed by atoms with Crippen LogP contribution in [0.2, 0.25) is 5.15 Å². The molecule has 0 spiro atoms. The Hall–Kier alpha value is -0.560. The van der Waals surface area contributed by atoms with Gasteiger partial charge >= 0.3 is 0 Å². The average molecular weight is 222 g/mol. The molecule has 4 rings (SSSR count). The van der Waals surface area contributed by atoms with Crippen LogP contribution in [-0.2, 0) is 6.42 Å². The zero-order chi connectivity index (χ0) is 10.8. The van der Waals surface area contributed by atoms with E-state index in [9.17, 15) is 0 Å². The summed E-state index contributed by atoms with van der Waals surface area (Å²) in [7, 11) is 0. The number of hydrogen-bond donors (Lipinski definition) is 0. The summed E-state index contributed by atoms with van der Waals surface area (Å²) in [6, 6.07) is 2.24. The molecule has 0 amide bonds. The molecule has 2 heteroatoms. The van der Waals surface area contributed by atoms with Crippen LogP contribution in [0.1, 0.15) is 43.0 Å². The van der Waals surface area contributed by atoms with E-state index in [1.54, 1.807) is 0 Å². The van der Waals surface area contributed by atoms with Gasteiger partial charge in [0.25, 0.3) is 0 Å². The van der Waals surface area contributed by atoms with Crippen LogP contribution >= 0.6 is 11.6 Å². The number of aromatic nitrogens is 1. The molecule has 80 valence electrons. The first-order chi connectivity index (χ1) is 7.00. The number of nitrogens with zero attached hydrogens (tertiary/aromatic N) is 1. The first-order valence-electron chi connectivity index (χ1n) is 5.66. The summed E-state index contributed by atoms with van der Waals surface area (Å²) in [4.78, 5) is 4.59. The minimum Gasteiger partial charge on any atom is -0.240 e. The van der Waals surface area contributed by atoms with Gasteiger partial charge in [0.2, 0.25) is 0 Å². The van der Waals surface area contributed by atoms with Crippen LogP contribution in [0.15, 0.2) is 6.07 Å². The summed E-state index contributed by atoms with van der Waals surface area (Å²) < 4.78 is 0. The van der Waals surface area contributed by atoms with Gasteiger partial charge in [0.15, 0.2) is 0 Å². The minimum absolute atomic E-state index is 0.443. The lowest BCUT2D eigenvalue weighted by Gasteiger charge is -2.56. The maximum atomic E-state index is 6.11. The van der Waals surface area contributed by atoms with Crippen molar-refractivity contribution in [1.82, 2.24) is 4.98 Å². The van der Waals surface area contributed by atoms with Crippen LogP contribution in [0.25, 0.3) is 0 Å². The SMILES string of the molecule is Cc1cc2c(nc1Cl)[C@@H]1C[C@H](C2)C1(C)C. The molecule has 2 bridgehead atoms. The Morgan fingerprint density at radius 1 is 1.47 bits per heavy atom. The molecule has 1 nitrogen and oxygen atoms in total. The number of rotatable bonds is 0. The molecule has 3 aliphatic carbocycles. The summed E-state index contributed by atoms with van der Waals surface area (Å²) in [6.07, 6.45) is 2.51. The highest BCUT2D eigenvalue weighted by molar-refractivity contribution is 6.30. The molecule has 0 N–H and O–H groups in total. The molecule has 0 radical (unpaired) electrons. The molecule has 1 aromatic heterocycles. The van der Waals surface area contributed by atoms with E-state index < -0.39 is 0 Å². The van der Waals surface area contributed by atoms with Crippen molar-refractivity contribution in [2.75, 3.05) is 0 Å². The van der Waals surface area contributed by atoms with Crippen molar-refractivity contribution in [3.8, 4) is 0 Å². The van der Waals surface area contributed by atoms with E-state index >= 15 is 0 Å². The van der Waals surface area contributed by atoms with E-state index in [0.29, 0.717) is 16.5 Å². The van der Waals surface area contributed by atoms with Crippen molar-refractivity contribution in [3.05, 3.63) is 28.0 Å². The van der Waals surface area contributed by atoms with Gasteiger partial charge < -0.3 is 0 Å². The molecular formula is C13H16ClN. The fraction of sp³-hybridized carbons (Fsp3) is 0.615. The average Bonchev–Trinajstić information content (AvgIpc) is 2.18. The van der Waals surface area contributed by atoms with Gasteiger partial charge in [-0.15, -0.1) is 0 Å². The lowest BCUT2D eigenvalue weighted by molar-refractivity contribution is 0.0155. The molecule has 0 aliphatic heterocycles. The Bertz CT molecular complexity index is 436. The number of hydrogen-bond acceptors (Lipinski definition) is 1. The van der Waals surface area contributed by atoms with Crippen molar-refractivity contribution >= 4 is 11.6 Å². The zero-order valence-corrected chi connectivity index (χ0v) is 10.2. The highest BCUT2D eigenvalue weighted by atomic mass is 35.5. The molecule has 0 saturated heterocycles. The standard InChI is InChI=1S/C13H16ClN/c1-7-4-8-5-9-6-10(13(9,2)3)11(8)15-12(7)14/h4,9-10H,5-6H2,1-3H3/t9-,10-/m0/s1. The first-order valence-corrected chi connectivity index (χ1v) is 6.04. The Kier molecular flexibility index (Phi) is 1.78. The number of aryl methyl sites for hydroxylation is 1. The molecule has 2 atom stereocenters. The molecule has 1 aromatic rings. The van der Waals surface area contributed by atoms with Gasteiger partial charge in [-0.3, -0.25) is 0 Å². The smallest absolute Gasteiger partial charge is 0.132 e. The second-order valence-corrected chi connectivity index (χ2v) is 6.01. The monoisotopic (exact) mass is 221 g/mol. The highest BCUT2D eigenvalue weighted by Crippen LogP contribution is 2.61. The Labute approximate surface area is 95.9 Å². The maximum Gasteiger partial charge on any atom is 0.132 e. The predicted molar refractivity (Wildman–Crippen MR) is 62.3 cm³/mol. The van der Waals surface area contributed by atoms with Crippen LogP contribution in [0, 0.1) is 18.3 Å². The highest BCUT2D eigenvalue weighted by Gasteiger charge is 2.53. The second-order valence-electron chi connectivity index (χ2n) is 5.65.